The molecule has 2 heterocycles. The van der Waals surface area contributed by atoms with E-state index in [4.69, 9.17) is 0 Å². The number of carbonyl (C=O) groups is 3. The Morgan fingerprint density at radius 2 is 2.15 bits per heavy atom. The molecule has 7 nitrogen and oxygen atoms in total. The van der Waals surface area contributed by atoms with Crippen LogP contribution in [-0.2, 0) is 15.0 Å². The van der Waals surface area contributed by atoms with Crippen molar-refractivity contribution in [3.8, 4) is 0 Å². The molecule has 1 saturated heterocycles. The van der Waals surface area contributed by atoms with E-state index < -0.39 is 17.5 Å². The molecule has 1 aliphatic carbocycles. The summed E-state index contributed by atoms with van der Waals surface area (Å²) in [5.74, 6) is -0.614. The Hall–Kier alpha value is -1.96. The number of hydrogen-bond acceptors (Lipinski definition) is 5. The van der Waals surface area contributed by atoms with Crippen molar-refractivity contribution in [2.75, 3.05) is 11.9 Å². The van der Waals surface area contributed by atoms with Crippen molar-refractivity contribution in [1.29, 1.82) is 0 Å². The van der Waals surface area contributed by atoms with Crippen LogP contribution in [-0.4, -0.2) is 39.8 Å². The molecule has 2 aliphatic rings. The minimum Gasteiger partial charge on any atom is -0.323 e. The second kappa shape index (κ2) is 6.64. The third kappa shape index (κ3) is 3.34. The molecule has 8 heteroatoms. The lowest BCUT2D eigenvalue weighted by Crippen LogP contribution is -2.54. The zero-order valence-corrected chi connectivity index (χ0v) is 16.5. The Morgan fingerprint density at radius 3 is 2.77 bits per heavy atom. The van der Waals surface area contributed by atoms with Gasteiger partial charge in [0.2, 0.25) is 5.91 Å². The van der Waals surface area contributed by atoms with Crippen LogP contribution in [0.1, 0.15) is 59.1 Å². The molecule has 2 N–H and O–H groups in total. The highest BCUT2D eigenvalue weighted by molar-refractivity contribution is 7.13. The second-order valence-electron chi connectivity index (χ2n) is 8.28. The van der Waals surface area contributed by atoms with Crippen LogP contribution in [0.5, 0.6) is 0 Å². The molecule has 3 rings (SSSR count). The van der Waals surface area contributed by atoms with Gasteiger partial charge in [-0.2, -0.15) is 0 Å². The molecule has 1 aromatic rings. The van der Waals surface area contributed by atoms with Crippen molar-refractivity contribution in [3.63, 3.8) is 0 Å². The zero-order chi connectivity index (χ0) is 19.1. The minimum atomic E-state index is -0.837. The molecule has 0 bridgehead atoms. The summed E-state index contributed by atoms with van der Waals surface area (Å²) >= 11 is 1.34. The third-order valence-corrected chi connectivity index (χ3v) is 6.08. The normalized spacial score (nSPS) is 26.3. The first-order valence-electron chi connectivity index (χ1n) is 9.03. The fourth-order valence-electron chi connectivity index (χ4n) is 3.62. The number of carbonyl (C=O) groups excluding carboxylic acids is 3. The molecule has 26 heavy (non-hydrogen) atoms. The number of aromatic nitrogens is 1. The van der Waals surface area contributed by atoms with Gasteiger partial charge in [0.15, 0.2) is 5.13 Å². The van der Waals surface area contributed by atoms with Gasteiger partial charge in [-0.3, -0.25) is 14.5 Å². The smallest absolute Gasteiger partial charge is 0.323 e. The average molecular weight is 378 g/mol. The Bertz CT molecular complexity index is 739. The second-order valence-corrected chi connectivity index (χ2v) is 9.13. The first kappa shape index (κ1) is 18.8. The van der Waals surface area contributed by atoms with E-state index in [0.29, 0.717) is 11.6 Å². The van der Waals surface area contributed by atoms with Gasteiger partial charge in [0.05, 0.1) is 5.69 Å². The quantitative estimate of drug-likeness (QED) is 0.791. The summed E-state index contributed by atoms with van der Waals surface area (Å²) < 4.78 is 0. The van der Waals surface area contributed by atoms with E-state index in [9.17, 15) is 14.4 Å². The largest absolute Gasteiger partial charge is 0.325 e. The maximum atomic E-state index is 12.9. The van der Waals surface area contributed by atoms with Gasteiger partial charge in [0.1, 0.15) is 12.1 Å². The summed E-state index contributed by atoms with van der Waals surface area (Å²) in [6.07, 6.45) is 3.51. The summed E-state index contributed by atoms with van der Waals surface area (Å²) in [4.78, 5) is 43.0. The lowest BCUT2D eigenvalue weighted by Gasteiger charge is -2.36. The molecule has 1 saturated carbocycles. The molecular weight excluding hydrogens is 352 g/mol. The fourth-order valence-corrected chi connectivity index (χ4v) is 4.57. The standard InChI is InChI=1S/C18H26N4O3S/c1-11-7-5-6-8-18(11)14(24)22(16(25)21-18)9-13(23)20-15-19-12(10-26-15)17(2,3)4/h10-11H,5-9H2,1-4H3,(H,21,25)(H,19,20,23). The number of anilines is 1. The maximum Gasteiger partial charge on any atom is 0.325 e. The molecule has 4 amide bonds. The van der Waals surface area contributed by atoms with Crippen molar-refractivity contribution in [1.82, 2.24) is 15.2 Å². The highest BCUT2D eigenvalue weighted by Gasteiger charge is 2.55. The monoisotopic (exact) mass is 378 g/mol. The average Bonchev–Trinajstić information content (AvgIpc) is 3.10. The number of imide groups is 1. The van der Waals surface area contributed by atoms with Gasteiger partial charge < -0.3 is 10.6 Å². The number of amides is 4. The van der Waals surface area contributed by atoms with Crippen LogP contribution in [0, 0.1) is 5.92 Å². The number of hydrogen-bond donors (Lipinski definition) is 2. The van der Waals surface area contributed by atoms with Crippen LogP contribution in [0.15, 0.2) is 5.38 Å². The van der Waals surface area contributed by atoms with E-state index in [0.717, 1.165) is 29.9 Å². The summed E-state index contributed by atoms with van der Waals surface area (Å²) in [5.41, 5.74) is -0.0490. The summed E-state index contributed by atoms with van der Waals surface area (Å²) in [6.45, 7) is 7.84. The third-order valence-electron chi connectivity index (χ3n) is 5.32. The molecule has 1 aromatic heterocycles. The Balaban J connectivity index is 1.67. The molecular formula is C18H26N4O3S. The van der Waals surface area contributed by atoms with E-state index in [1.165, 1.54) is 11.3 Å². The van der Waals surface area contributed by atoms with Crippen molar-refractivity contribution >= 4 is 34.3 Å². The van der Waals surface area contributed by atoms with Gasteiger partial charge in [0.25, 0.3) is 5.91 Å². The molecule has 0 radical (unpaired) electrons. The summed E-state index contributed by atoms with van der Waals surface area (Å²) in [7, 11) is 0. The highest BCUT2D eigenvalue weighted by atomic mass is 32.1. The van der Waals surface area contributed by atoms with Gasteiger partial charge >= 0.3 is 6.03 Å². The number of urea groups is 1. The zero-order valence-electron chi connectivity index (χ0n) is 15.7. The van der Waals surface area contributed by atoms with E-state index in [1.807, 2.05) is 33.1 Å². The van der Waals surface area contributed by atoms with Gasteiger partial charge in [-0.1, -0.05) is 40.5 Å². The number of nitrogens with one attached hydrogen (secondary N) is 2. The van der Waals surface area contributed by atoms with E-state index >= 15 is 0 Å². The molecule has 2 unspecified atom stereocenters. The van der Waals surface area contributed by atoms with Crippen molar-refractivity contribution in [3.05, 3.63) is 11.1 Å². The summed E-state index contributed by atoms with van der Waals surface area (Å²) in [5, 5.41) is 7.94. The Morgan fingerprint density at radius 1 is 1.42 bits per heavy atom. The van der Waals surface area contributed by atoms with Crippen LogP contribution >= 0.6 is 11.3 Å². The van der Waals surface area contributed by atoms with Crippen molar-refractivity contribution in [2.24, 2.45) is 5.92 Å². The highest BCUT2D eigenvalue weighted by Crippen LogP contribution is 2.38. The number of rotatable bonds is 3. The van der Waals surface area contributed by atoms with E-state index in [2.05, 4.69) is 15.6 Å². The number of thiazole rings is 1. The predicted octanol–water partition coefficient (Wildman–Crippen LogP) is 2.88. The van der Waals surface area contributed by atoms with Crippen LogP contribution < -0.4 is 10.6 Å². The minimum absolute atomic E-state index is 0.0778. The molecule has 1 spiro atoms. The van der Waals surface area contributed by atoms with Gasteiger partial charge in [-0.15, -0.1) is 11.3 Å². The molecule has 1 aliphatic heterocycles. The van der Waals surface area contributed by atoms with E-state index in [1.54, 1.807) is 0 Å². The molecule has 2 fully saturated rings. The van der Waals surface area contributed by atoms with Crippen LogP contribution in [0.4, 0.5) is 9.93 Å². The fraction of sp³-hybridized carbons (Fsp3) is 0.667. The molecule has 142 valence electrons. The molecule has 2 atom stereocenters. The van der Waals surface area contributed by atoms with Crippen molar-refractivity contribution in [2.45, 2.75) is 64.3 Å². The number of nitrogens with zero attached hydrogens (tertiary/aromatic N) is 2. The Labute approximate surface area is 157 Å². The van der Waals surface area contributed by atoms with Crippen LogP contribution in [0.25, 0.3) is 0 Å². The Kier molecular flexibility index (Phi) is 4.81. The topological polar surface area (TPSA) is 91.4 Å². The lowest BCUT2D eigenvalue weighted by atomic mass is 9.73. The van der Waals surface area contributed by atoms with Gasteiger partial charge in [-0.05, 0) is 18.8 Å². The first-order valence-corrected chi connectivity index (χ1v) is 9.91. The van der Waals surface area contributed by atoms with E-state index in [-0.39, 0.29) is 23.8 Å². The summed E-state index contributed by atoms with van der Waals surface area (Å²) in [6, 6.07) is -0.478. The van der Waals surface area contributed by atoms with Crippen molar-refractivity contribution < 1.29 is 14.4 Å². The molecule has 0 aromatic carbocycles. The SMILES string of the molecule is CC1CCCCC12NC(=O)N(CC(=O)Nc1nc(C(C)(C)C)cs1)C2=O. The lowest BCUT2D eigenvalue weighted by molar-refractivity contribution is -0.136. The van der Waals surface area contributed by atoms with Crippen LogP contribution in [0.2, 0.25) is 0 Å². The van der Waals surface area contributed by atoms with Gasteiger partial charge in [0, 0.05) is 10.8 Å². The predicted molar refractivity (Wildman–Crippen MR) is 100 cm³/mol. The van der Waals surface area contributed by atoms with Gasteiger partial charge in [-0.25, -0.2) is 9.78 Å². The first-order chi connectivity index (χ1) is 12.1. The maximum absolute atomic E-state index is 12.9. The van der Waals surface area contributed by atoms with Crippen LogP contribution in [0.3, 0.4) is 0 Å².